The van der Waals surface area contributed by atoms with E-state index in [1.807, 2.05) is 48.8 Å². The number of rotatable bonds is 7. The zero-order valence-corrected chi connectivity index (χ0v) is 23.5. The molecule has 3 aromatic carbocycles. The smallest absolute Gasteiger partial charge is 0.255 e. The van der Waals surface area contributed by atoms with Crippen molar-refractivity contribution in [3.8, 4) is 11.1 Å². The molecular weight excluding hydrogens is 550 g/mol. The third-order valence-corrected chi connectivity index (χ3v) is 8.17. The zero-order valence-electron chi connectivity index (χ0n) is 22.7. The average Bonchev–Trinajstić information content (AvgIpc) is 3.01. The first-order valence-electron chi connectivity index (χ1n) is 13.5. The summed E-state index contributed by atoms with van der Waals surface area (Å²) in [6.07, 6.45) is 5.56. The molecule has 0 bridgehead atoms. The lowest BCUT2D eigenvalue weighted by atomic mass is 10.0. The number of nitrogens with zero attached hydrogens (tertiary/aromatic N) is 5. The van der Waals surface area contributed by atoms with Crippen molar-refractivity contribution in [1.29, 1.82) is 0 Å². The molecular formula is C31H29N7O3S. The molecule has 10 nitrogen and oxygen atoms in total. The number of sulfonamides is 1. The predicted molar refractivity (Wildman–Crippen MR) is 162 cm³/mol. The van der Waals surface area contributed by atoms with Crippen molar-refractivity contribution in [1.82, 2.24) is 19.9 Å². The largest absolute Gasteiger partial charge is 0.353 e. The van der Waals surface area contributed by atoms with Crippen LogP contribution in [0.1, 0.15) is 15.9 Å². The highest BCUT2D eigenvalue weighted by Crippen LogP contribution is 2.26. The van der Waals surface area contributed by atoms with Crippen molar-refractivity contribution in [2.75, 3.05) is 36.4 Å². The van der Waals surface area contributed by atoms with Gasteiger partial charge in [-0.1, -0.05) is 30.3 Å². The molecule has 42 heavy (non-hydrogen) atoms. The Balaban J connectivity index is 1.13. The summed E-state index contributed by atoms with van der Waals surface area (Å²) in [4.78, 5) is 31.1. The van der Waals surface area contributed by atoms with Crippen molar-refractivity contribution in [3.63, 3.8) is 0 Å². The fourth-order valence-electron chi connectivity index (χ4n) is 4.98. The average molecular weight is 580 g/mol. The first-order chi connectivity index (χ1) is 20.3. The second-order valence-corrected chi connectivity index (χ2v) is 11.7. The molecule has 5 aromatic rings. The fraction of sp³-hybridized carbons (Fsp3) is 0.161. The monoisotopic (exact) mass is 579 g/mol. The highest BCUT2D eigenvalue weighted by Gasteiger charge is 2.19. The van der Waals surface area contributed by atoms with Crippen LogP contribution in [-0.4, -0.2) is 60.4 Å². The number of hydrogen-bond acceptors (Lipinski definition) is 8. The molecule has 0 saturated carbocycles. The molecule has 1 saturated heterocycles. The number of carbonyl (C=O) groups is 1. The number of fused-ring (bicyclic) bond motifs is 1. The minimum Gasteiger partial charge on any atom is -0.353 e. The van der Waals surface area contributed by atoms with Gasteiger partial charge in [-0.3, -0.25) is 19.7 Å². The standard InChI is InChI=1S/C31H29N7O3S/c32-42(40,41)27-5-1-4-25(17-27)31(39)35-26-9-6-23(7-10-26)24-8-11-28-29(18-24)36-30(20-34-28)38-15-13-37(14-16-38)21-22-3-2-12-33-19-22/h1-12,17-20H,13-16,21H2,(H,35,39)(H2,32,40,41). The van der Waals surface area contributed by atoms with Gasteiger partial charge in [-0.2, -0.15) is 0 Å². The van der Waals surface area contributed by atoms with Gasteiger partial charge in [0.1, 0.15) is 5.82 Å². The molecule has 3 N–H and O–H groups in total. The molecule has 0 unspecified atom stereocenters. The molecule has 0 spiro atoms. The summed E-state index contributed by atoms with van der Waals surface area (Å²) in [6, 6.07) is 23.1. The summed E-state index contributed by atoms with van der Waals surface area (Å²) in [6.45, 7) is 4.52. The third kappa shape index (κ3) is 6.28. The first-order valence-corrected chi connectivity index (χ1v) is 15.0. The van der Waals surface area contributed by atoms with E-state index in [1.165, 1.54) is 29.8 Å². The van der Waals surface area contributed by atoms with E-state index in [0.717, 1.165) is 60.7 Å². The number of primary sulfonamides is 1. The molecule has 0 radical (unpaired) electrons. The SMILES string of the molecule is NS(=O)(=O)c1cccc(C(=O)Nc2ccc(-c3ccc4ncc(N5CCN(Cc6cccnc6)CC5)nc4c3)cc2)c1. The van der Waals surface area contributed by atoms with Crippen LogP contribution in [0.25, 0.3) is 22.2 Å². The number of anilines is 2. The number of pyridine rings is 1. The Morgan fingerprint density at radius 3 is 2.38 bits per heavy atom. The van der Waals surface area contributed by atoms with Gasteiger partial charge in [-0.05, 0) is 65.2 Å². The van der Waals surface area contributed by atoms with Crippen LogP contribution in [0.15, 0.2) is 102 Å². The second kappa shape index (κ2) is 11.6. The molecule has 3 heterocycles. The number of amides is 1. The van der Waals surface area contributed by atoms with E-state index in [9.17, 15) is 13.2 Å². The fourth-order valence-corrected chi connectivity index (χ4v) is 5.54. The van der Waals surface area contributed by atoms with Gasteiger partial charge in [0, 0.05) is 56.4 Å². The normalized spacial score (nSPS) is 14.2. The lowest BCUT2D eigenvalue weighted by Gasteiger charge is -2.35. The van der Waals surface area contributed by atoms with E-state index in [4.69, 9.17) is 10.1 Å². The maximum Gasteiger partial charge on any atom is 0.255 e. The Morgan fingerprint density at radius 2 is 1.64 bits per heavy atom. The molecule has 0 aliphatic carbocycles. The number of hydrogen-bond donors (Lipinski definition) is 2. The molecule has 6 rings (SSSR count). The molecule has 212 valence electrons. The molecule has 0 atom stereocenters. The van der Waals surface area contributed by atoms with E-state index in [2.05, 4.69) is 31.2 Å². The molecule has 1 fully saturated rings. The lowest BCUT2D eigenvalue weighted by molar-refractivity contribution is 0.102. The maximum absolute atomic E-state index is 12.7. The minimum absolute atomic E-state index is 0.115. The summed E-state index contributed by atoms with van der Waals surface area (Å²) < 4.78 is 23.2. The molecule has 1 amide bonds. The Bertz CT molecular complexity index is 1840. The summed E-state index contributed by atoms with van der Waals surface area (Å²) in [7, 11) is -3.90. The van der Waals surface area contributed by atoms with Crippen LogP contribution >= 0.6 is 0 Å². The molecule has 11 heteroatoms. The van der Waals surface area contributed by atoms with E-state index in [0.29, 0.717) is 5.69 Å². The van der Waals surface area contributed by atoms with Crippen molar-refractivity contribution in [2.24, 2.45) is 5.14 Å². The Morgan fingerprint density at radius 1 is 0.857 bits per heavy atom. The zero-order chi connectivity index (χ0) is 29.1. The maximum atomic E-state index is 12.7. The summed E-state index contributed by atoms with van der Waals surface area (Å²) >= 11 is 0. The number of nitrogens with one attached hydrogen (secondary N) is 1. The van der Waals surface area contributed by atoms with Crippen LogP contribution in [0.4, 0.5) is 11.5 Å². The Kier molecular flexibility index (Phi) is 7.62. The van der Waals surface area contributed by atoms with Crippen LogP contribution in [0.3, 0.4) is 0 Å². The van der Waals surface area contributed by atoms with Crippen molar-refractivity contribution in [3.05, 3.63) is 109 Å². The van der Waals surface area contributed by atoms with Gasteiger partial charge < -0.3 is 10.2 Å². The predicted octanol–water partition coefficient (Wildman–Crippen LogP) is 3.91. The number of carbonyl (C=O) groups excluding carboxylic acids is 1. The highest BCUT2D eigenvalue weighted by molar-refractivity contribution is 7.89. The van der Waals surface area contributed by atoms with Crippen molar-refractivity contribution >= 4 is 38.5 Å². The van der Waals surface area contributed by atoms with Crippen LogP contribution in [0.2, 0.25) is 0 Å². The molecule has 1 aliphatic heterocycles. The van der Waals surface area contributed by atoms with Gasteiger partial charge >= 0.3 is 0 Å². The Labute approximate surface area is 243 Å². The van der Waals surface area contributed by atoms with E-state index in [1.54, 1.807) is 18.3 Å². The minimum atomic E-state index is -3.90. The topological polar surface area (TPSA) is 134 Å². The van der Waals surface area contributed by atoms with E-state index in [-0.39, 0.29) is 10.5 Å². The van der Waals surface area contributed by atoms with Crippen molar-refractivity contribution < 1.29 is 13.2 Å². The number of aromatic nitrogens is 3. The first kappa shape index (κ1) is 27.5. The van der Waals surface area contributed by atoms with Gasteiger partial charge in [-0.25, -0.2) is 18.5 Å². The third-order valence-electron chi connectivity index (χ3n) is 7.26. The second-order valence-electron chi connectivity index (χ2n) is 10.2. The van der Waals surface area contributed by atoms with Crippen molar-refractivity contribution in [2.45, 2.75) is 11.4 Å². The number of nitrogens with two attached hydrogens (primary N) is 1. The van der Waals surface area contributed by atoms with E-state index >= 15 is 0 Å². The summed E-state index contributed by atoms with van der Waals surface area (Å²) in [5.41, 5.74) is 5.57. The molecule has 1 aliphatic rings. The summed E-state index contributed by atoms with van der Waals surface area (Å²) in [5, 5.41) is 7.98. The highest BCUT2D eigenvalue weighted by atomic mass is 32.2. The van der Waals surface area contributed by atoms with Gasteiger partial charge in [-0.15, -0.1) is 0 Å². The molecule has 2 aromatic heterocycles. The van der Waals surface area contributed by atoms with Gasteiger partial charge in [0.05, 0.1) is 22.1 Å². The van der Waals surface area contributed by atoms with Gasteiger partial charge in [0.2, 0.25) is 10.0 Å². The number of benzene rings is 3. The van der Waals surface area contributed by atoms with E-state index < -0.39 is 15.9 Å². The quantitative estimate of drug-likeness (QED) is 0.296. The van der Waals surface area contributed by atoms with Crippen LogP contribution in [0, 0.1) is 0 Å². The lowest BCUT2D eigenvalue weighted by Crippen LogP contribution is -2.46. The summed E-state index contributed by atoms with van der Waals surface area (Å²) in [5.74, 6) is 0.435. The van der Waals surface area contributed by atoms with Crippen LogP contribution < -0.4 is 15.4 Å². The number of piperazine rings is 1. The Hall–Kier alpha value is -4.71. The van der Waals surface area contributed by atoms with Crippen LogP contribution in [-0.2, 0) is 16.6 Å². The van der Waals surface area contributed by atoms with Gasteiger partial charge in [0.25, 0.3) is 5.91 Å². The van der Waals surface area contributed by atoms with Gasteiger partial charge in [0.15, 0.2) is 0 Å². The van der Waals surface area contributed by atoms with Crippen LogP contribution in [0.5, 0.6) is 0 Å².